The Bertz CT molecular complexity index is 1770. The Kier molecular flexibility index (Phi) is 7.37. The Morgan fingerprint density at radius 2 is 1.80 bits per heavy atom. The predicted octanol–water partition coefficient (Wildman–Crippen LogP) is 6.33. The summed E-state index contributed by atoms with van der Waals surface area (Å²) < 4.78 is 28.6. The van der Waals surface area contributed by atoms with Crippen LogP contribution in [-0.4, -0.2) is 30.0 Å². The zero-order valence-electron chi connectivity index (χ0n) is 22.2. The number of hydrogen-bond donors (Lipinski definition) is 2. The number of aromatic nitrogens is 3. The normalized spacial score (nSPS) is 13.8. The van der Waals surface area contributed by atoms with E-state index in [9.17, 15) is 14.1 Å². The molecule has 208 valence electrons. The van der Waals surface area contributed by atoms with Crippen molar-refractivity contribution < 1.29 is 18.5 Å². The minimum atomic E-state index is -1.58. The van der Waals surface area contributed by atoms with Crippen molar-refractivity contribution in [3.8, 4) is 27.5 Å². The average Bonchev–Trinajstić information content (AvgIpc) is 3.52. The molecule has 0 radical (unpaired) electrons. The summed E-state index contributed by atoms with van der Waals surface area (Å²) in [6.45, 7) is 1.99. The molecule has 1 aliphatic rings. The fourth-order valence-corrected chi connectivity index (χ4v) is 6.08. The second kappa shape index (κ2) is 11.1. The first-order valence-electron chi connectivity index (χ1n) is 13.2. The van der Waals surface area contributed by atoms with Crippen molar-refractivity contribution in [2.45, 2.75) is 37.5 Å². The van der Waals surface area contributed by atoms with Gasteiger partial charge in [-0.2, -0.15) is 5.10 Å². The molecule has 1 fully saturated rings. The molecule has 5 aromatic rings. The third-order valence-corrected chi connectivity index (χ3v) is 8.85. The van der Waals surface area contributed by atoms with E-state index in [-0.39, 0.29) is 11.5 Å². The van der Waals surface area contributed by atoms with Crippen LogP contribution in [0.25, 0.3) is 27.5 Å². The summed E-state index contributed by atoms with van der Waals surface area (Å²) in [6.07, 6.45) is 3.51. The topological polar surface area (TPSA) is 111 Å². The summed E-state index contributed by atoms with van der Waals surface area (Å²) in [5.74, 6) is -0.912. The summed E-state index contributed by atoms with van der Waals surface area (Å²) in [5, 5.41) is 22.0. The quantitative estimate of drug-likeness (QED) is 0.210. The van der Waals surface area contributed by atoms with Gasteiger partial charge in [-0.15, -0.1) is 11.3 Å². The minimum Gasteiger partial charge on any atom is -0.476 e. The highest BCUT2D eigenvalue weighted by Gasteiger charge is 2.29. The summed E-state index contributed by atoms with van der Waals surface area (Å²) in [7, 11) is -1.58. The molecule has 1 aliphatic carbocycles. The van der Waals surface area contributed by atoms with E-state index in [2.05, 4.69) is 4.98 Å². The summed E-state index contributed by atoms with van der Waals surface area (Å²) in [4.78, 5) is 16.5. The lowest BCUT2D eigenvalue weighted by molar-refractivity contribution is 0.0691. The lowest BCUT2D eigenvalue weighted by Crippen LogP contribution is -2.06. The van der Waals surface area contributed by atoms with Gasteiger partial charge in [-0.05, 0) is 73.6 Å². The van der Waals surface area contributed by atoms with Crippen LogP contribution in [0, 0.1) is 18.7 Å². The van der Waals surface area contributed by atoms with Gasteiger partial charge >= 0.3 is 5.97 Å². The van der Waals surface area contributed by atoms with Crippen LogP contribution in [-0.2, 0) is 23.8 Å². The van der Waals surface area contributed by atoms with Crippen molar-refractivity contribution in [3.63, 3.8) is 0 Å². The number of carbonyl (C=O) groups is 1. The Labute approximate surface area is 243 Å². The number of benzene rings is 3. The monoisotopic (exact) mass is 586 g/mol. The molecule has 0 bridgehead atoms. The predicted molar refractivity (Wildman–Crippen MR) is 158 cm³/mol. The molecule has 1 unspecified atom stereocenters. The molecule has 1 saturated carbocycles. The highest BCUT2D eigenvalue weighted by Crippen LogP contribution is 2.39. The van der Waals surface area contributed by atoms with Gasteiger partial charge in [0.2, 0.25) is 5.13 Å². The van der Waals surface area contributed by atoms with E-state index in [4.69, 9.17) is 10.2 Å². The molecular formula is C31H27FN4O3S2. The van der Waals surface area contributed by atoms with Crippen molar-refractivity contribution in [2.75, 3.05) is 0 Å². The van der Waals surface area contributed by atoms with Gasteiger partial charge in [0, 0.05) is 28.5 Å². The molecule has 0 saturated heterocycles. The number of rotatable bonds is 9. The smallest absolute Gasteiger partial charge is 0.355 e. The van der Waals surface area contributed by atoms with E-state index in [1.165, 1.54) is 22.8 Å². The van der Waals surface area contributed by atoms with Crippen molar-refractivity contribution in [2.24, 2.45) is 11.1 Å². The maximum Gasteiger partial charge on any atom is 0.355 e. The first-order valence-corrected chi connectivity index (χ1v) is 15.3. The number of halogens is 1. The number of carboxylic acids is 1. The number of nitrogens with two attached hydrogens (primary N) is 1. The van der Waals surface area contributed by atoms with Gasteiger partial charge < -0.3 is 5.11 Å². The molecule has 41 heavy (non-hydrogen) atoms. The maximum absolute atomic E-state index is 15.1. The van der Waals surface area contributed by atoms with E-state index in [0.29, 0.717) is 33.6 Å². The van der Waals surface area contributed by atoms with E-state index in [1.54, 1.807) is 22.9 Å². The van der Waals surface area contributed by atoms with E-state index in [1.807, 2.05) is 49.4 Å². The van der Waals surface area contributed by atoms with Crippen LogP contribution in [0.5, 0.6) is 0 Å². The zero-order chi connectivity index (χ0) is 28.7. The number of hydrogen-bond acceptors (Lipinski definition) is 5. The molecule has 3 N–H and O–H groups in total. The summed E-state index contributed by atoms with van der Waals surface area (Å²) in [6, 6.07) is 20.0. The first kappa shape index (κ1) is 27.2. The van der Waals surface area contributed by atoms with E-state index < -0.39 is 17.0 Å². The van der Waals surface area contributed by atoms with Gasteiger partial charge in [-0.3, -0.25) is 0 Å². The van der Waals surface area contributed by atoms with Crippen LogP contribution in [0.4, 0.5) is 4.39 Å². The van der Waals surface area contributed by atoms with Gasteiger partial charge in [0.15, 0.2) is 5.69 Å². The highest BCUT2D eigenvalue weighted by molar-refractivity contribution is 7.82. The molecule has 0 amide bonds. The van der Waals surface area contributed by atoms with Crippen LogP contribution in [0.3, 0.4) is 0 Å². The third-order valence-electron chi connectivity index (χ3n) is 7.30. The number of thiazole rings is 1. The standard InChI is InChI=1S/C31H27FN4O3S2/c1-18-2-8-21(9-3-18)24-16-22(10-13-26(24)32)29-25(14-19-6-11-23(12-7-19)41(33)39)28(15-20-4-5-20)36(35-29)31-34-27(17-40-31)30(37)38/h2-3,6-13,16-17,20H,4-5,14-15,33H2,1H3,(H,37,38). The third kappa shape index (κ3) is 5.76. The molecule has 0 spiro atoms. The Morgan fingerprint density at radius 3 is 2.44 bits per heavy atom. The van der Waals surface area contributed by atoms with Crippen molar-refractivity contribution in [3.05, 3.63) is 106 Å². The van der Waals surface area contributed by atoms with Crippen LogP contribution in [0.15, 0.2) is 77.0 Å². The van der Waals surface area contributed by atoms with Crippen LogP contribution < -0.4 is 5.14 Å². The minimum absolute atomic E-state index is 0.0326. The molecule has 10 heteroatoms. The highest BCUT2D eigenvalue weighted by atomic mass is 32.2. The van der Waals surface area contributed by atoms with Gasteiger partial charge in [0.25, 0.3) is 0 Å². The second-order valence-corrected chi connectivity index (χ2v) is 12.2. The molecular weight excluding hydrogens is 559 g/mol. The average molecular weight is 587 g/mol. The lowest BCUT2D eigenvalue weighted by Gasteiger charge is -2.10. The Hall–Kier alpha value is -3.99. The van der Waals surface area contributed by atoms with Gasteiger partial charge in [0.05, 0.1) is 16.3 Å². The molecule has 2 heterocycles. The van der Waals surface area contributed by atoms with Crippen molar-refractivity contribution in [1.82, 2.24) is 14.8 Å². The molecule has 1 atom stereocenters. The lowest BCUT2D eigenvalue weighted by atomic mass is 9.95. The maximum atomic E-state index is 15.1. The largest absolute Gasteiger partial charge is 0.476 e. The molecule has 6 rings (SSSR count). The number of aryl methyl sites for hydroxylation is 1. The molecule has 0 aliphatic heterocycles. The number of carboxylic acid groups (broad SMARTS) is 1. The van der Waals surface area contributed by atoms with E-state index >= 15 is 4.39 Å². The molecule has 7 nitrogen and oxygen atoms in total. The fourth-order valence-electron chi connectivity index (χ4n) is 4.90. The SMILES string of the molecule is Cc1ccc(-c2cc(-c3nn(-c4nc(C(=O)O)cs4)c(CC4CC4)c3Cc3ccc(S(N)=O)cc3)ccc2F)cc1. The van der Waals surface area contributed by atoms with Crippen LogP contribution in [0.1, 0.15) is 45.7 Å². The molecule has 2 aromatic heterocycles. The van der Waals surface area contributed by atoms with Gasteiger partial charge in [-0.25, -0.2) is 28.2 Å². The van der Waals surface area contributed by atoms with Crippen molar-refractivity contribution in [1.29, 1.82) is 0 Å². The Morgan fingerprint density at radius 1 is 1.10 bits per heavy atom. The Balaban J connectivity index is 1.52. The second-order valence-electron chi connectivity index (χ2n) is 10.3. The number of nitrogens with zero attached hydrogens (tertiary/aromatic N) is 3. The zero-order valence-corrected chi connectivity index (χ0v) is 23.8. The molecule has 3 aromatic carbocycles. The van der Waals surface area contributed by atoms with Gasteiger partial charge in [-0.1, -0.05) is 42.0 Å². The fraction of sp³-hybridized carbons (Fsp3) is 0.194. The first-order chi connectivity index (χ1) is 19.8. The number of aromatic carboxylic acids is 1. The van der Waals surface area contributed by atoms with Crippen LogP contribution in [0.2, 0.25) is 0 Å². The van der Waals surface area contributed by atoms with Gasteiger partial charge in [0.1, 0.15) is 16.8 Å². The summed E-state index contributed by atoms with van der Waals surface area (Å²) >= 11 is 1.23. The van der Waals surface area contributed by atoms with Crippen molar-refractivity contribution >= 4 is 28.3 Å². The van der Waals surface area contributed by atoms with E-state index in [0.717, 1.165) is 52.8 Å². The van der Waals surface area contributed by atoms with Crippen LogP contribution >= 0.6 is 11.3 Å². The summed E-state index contributed by atoms with van der Waals surface area (Å²) in [5.41, 5.74) is 6.64.